The Morgan fingerprint density at radius 3 is 2.42 bits per heavy atom. The van der Waals surface area contributed by atoms with Crippen molar-refractivity contribution in [3.8, 4) is 0 Å². The fourth-order valence-corrected chi connectivity index (χ4v) is 3.96. The Hall–Kier alpha value is -2.62. The lowest BCUT2D eigenvalue weighted by atomic mass is 10.1. The van der Waals surface area contributed by atoms with E-state index in [2.05, 4.69) is 5.10 Å². The topological polar surface area (TPSA) is 104 Å². The molecule has 2 aliphatic rings. The van der Waals surface area contributed by atoms with Gasteiger partial charge in [0.15, 0.2) is 21.3 Å². The van der Waals surface area contributed by atoms with Gasteiger partial charge in [0.2, 0.25) is 0 Å². The Kier molecular flexibility index (Phi) is 4.61. The van der Waals surface area contributed by atoms with Gasteiger partial charge < -0.3 is 4.90 Å². The van der Waals surface area contributed by atoms with Crippen molar-refractivity contribution in [2.24, 2.45) is 5.10 Å². The Bertz CT molecular complexity index is 904. The molecule has 26 heavy (non-hydrogen) atoms. The molecular weight excluding hydrogens is 365 g/mol. The molecule has 0 saturated carbocycles. The number of likely N-dealkylation sites (tertiary alicyclic amines) is 1. The molecule has 3 rings (SSSR count). The average molecular weight is 381 g/mol. The number of ketones is 1. The molecule has 10 heteroatoms. The number of hydrazone groups is 1. The minimum atomic E-state index is -3.26. The lowest BCUT2D eigenvalue weighted by Gasteiger charge is -2.38. The summed E-state index contributed by atoms with van der Waals surface area (Å²) >= 11 is 0. The lowest BCUT2D eigenvalue weighted by Crippen LogP contribution is -2.60. The van der Waals surface area contributed by atoms with E-state index >= 15 is 0 Å². The minimum absolute atomic E-state index is 0.00813. The van der Waals surface area contributed by atoms with Crippen molar-refractivity contribution < 1.29 is 27.2 Å². The first kappa shape index (κ1) is 18.2. The van der Waals surface area contributed by atoms with Crippen LogP contribution < -0.4 is 5.01 Å². The van der Waals surface area contributed by atoms with E-state index in [-0.39, 0.29) is 24.5 Å². The molecule has 0 unspecified atom stereocenters. The van der Waals surface area contributed by atoms with Crippen molar-refractivity contribution in [1.82, 2.24) is 4.90 Å². The summed E-state index contributed by atoms with van der Waals surface area (Å²) in [4.78, 5) is 37.8. The number of Topliss-reactive ketones (excluding diaryl/α,β-unsaturated/α-hetero) is 1. The van der Waals surface area contributed by atoms with E-state index in [0.29, 0.717) is 0 Å². The molecule has 0 N–H and O–H groups in total. The molecule has 1 aromatic carbocycles. The van der Waals surface area contributed by atoms with Crippen LogP contribution in [0.4, 0.5) is 10.1 Å². The highest BCUT2D eigenvalue weighted by Gasteiger charge is 2.43. The van der Waals surface area contributed by atoms with Crippen molar-refractivity contribution in [3.05, 3.63) is 30.1 Å². The maximum absolute atomic E-state index is 13.0. The second-order valence-corrected chi connectivity index (χ2v) is 8.58. The Labute approximate surface area is 149 Å². The van der Waals surface area contributed by atoms with Gasteiger partial charge in [0, 0.05) is 18.8 Å². The predicted molar refractivity (Wildman–Crippen MR) is 90.8 cm³/mol. The molecule has 0 aromatic heterocycles. The van der Waals surface area contributed by atoms with Gasteiger partial charge in [-0.25, -0.2) is 12.8 Å². The molecular formula is C16H16FN3O5S. The monoisotopic (exact) mass is 381 g/mol. The van der Waals surface area contributed by atoms with E-state index in [1.54, 1.807) is 0 Å². The quantitative estimate of drug-likeness (QED) is 0.690. The van der Waals surface area contributed by atoms with Crippen molar-refractivity contribution in [3.63, 3.8) is 0 Å². The molecule has 1 saturated heterocycles. The fourth-order valence-electron chi connectivity index (χ4n) is 2.67. The summed E-state index contributed by atoms with van der Waals surface area (Å²) in [6.45, 7) is 1.51. The van der Waals surface area contributed by atoms with Crippen LogP contribution in [0.5, 0.6) is 0 Å². The standard InChI is InChI=1S/C16H16FN3O5S/c1-2-26(24,25)12-8-19(9-12)16(23)15-13(21)7-14(22)20(18-15)11-5-3-10(17)4-6-11/h3-6,12H,2,7-9H2,1H3. The van der Waals surface area contributed by atoms with E-state index < -0.39 is 50.6 Å². The van der Waals surface area contributed by atoms with E-state index in [1.807, 2.05) is 0 Å². The lowest BCUT2D eigenvalue weighted by molar-refractivity contribution is -0.129. The van der Waals surface area contributed by atoms with E-state index in [1.165, 1.54) is 24.0 Å². The number of hydrogen-bond acceptors (Lipinski definition) is 6. The molecule has 8 nitrogen and oxygen atoms in total. The number of anilines is 1. The van der Waals surface area contributed by atoms with Gasteiger partial charge in [-0.15, -0.1) is 0 Å². The van der Waals surface area contributed by atoms with Crippen LogP contribution in [-0.4, -0.2) is 60.7 Å². The van der Waals surface area contributed by atoms with Crippen molar-refractivity contribution in [2.45, 2.75) is 18.6 Å². The Morgan fingerprint density at radius 2 is 1.85 bits per heavy atom. The van der Waals surface area contributed by atoms with Crippen LogP contribution in [0.1, 0.15) is 13.3 Å². The number of sulfone groups is 1. The zero-order valence-electron chi connectivity index (χ0n) is 13.9. The van der Waals surface area contributed by atoms with Gasteiger partial charge >= 0.3 is 0 Å². The molecule has 0 radical (unpaired) electrons. The average Bonchev–Trinajstić information content (AvgIpc) is 2.54. The number of carbonyl (C=O) groups excluding carboxylic acids is 3. The normalized spacial score (nSPS) is 18.6. The second kappa shape index (κ2) is 6.60. The molecule has 2 amide bonds. The first-order valence-corrected chi connectivity index (χ1v) is 9.65. The van der Waals surface area contributed by atoms with Gasteiger partial charge in [-0.2, -0.15) is 10.1 Å². The van der Waals surface area contributed by atoms with E-state index in [0.717, 1.165) is 17.1 Å². The maximum atomic E-state index is 13.0. The highest BCUT2D eigenvalue weighted by Crippen LogP contribution is 2.22. The van der Waals surface area contributed by atoms with Gasteiger partial charge in [-0.1, -0.05) is 6.92 Å². The maximum Gasteiger partial charge on any atom is 0.278 e. The first-order chi connectivity index (χ1) is 12.2. The number of hydrogen-bond donors (Lipinski definition) is 0. The Morgan fingerprint density at radius 1 is 1.23 bits per heavy atom. The van der Waals surface area contributed by atoms with Crippen molar-refractivity contribution in [1.29, 1.82) is 0 Å². The van der Waals surface area contributed by atoms with Crippen molar-refractivity contribution >= 4 is 38.8 Å². The molecule has 138 valence electrons. The molecule has 1 aromatic rings. The smallest absolute Gasteiger partial charge is 0.278 e. The van der Waals surface area contributed by atoms with Gasteiger partial charge in [0.1, 0.15) is 5.82 Å². The number of halogens is 1. The third-order valence-electron chi connectivity index (χ3n) is 4.33. The van der Waals surface area contributed by atoms with Gasteiger partial charge in [-0.3, -0.25) is 14.4 Å². The molecule has 2 heterocycles. The summed E-state index contributed by atoms with van der Waals surface area (Å²) in [6.07, 6.45) is -0.535. The minimum Gasteiger partial charge on any atom is -0.334 e. The number of amides is 2. The summed E-state index contributed by atoms with van der Waals surface area (Å²) in [5.41, 5.74) is -0.203. The molecule has 0 aliphatic carbocycles. The summed E-state index contributed by atoms with van der Waals surface area (Å²) in [6, 6.07) is 4.88. The molecule has 2 aliphatic heterocycles. The fraction of sp³-hybridized carbons (Fsp3) is 0.375. The second-order valence-electron chi connectivity index (χ2n) is 6.01. The molecule has 0 bridgehead atoms. The van der Waals surface area contributed by atoms with Gasteiger partial charge in [0.25, 0.3) is 11.8 Å². The van der Waals surface area contributed by atoms with E-state index in [4.69, 9.17) is 0 Å². The van der Waals surface area contributed by atoms with Crippen LogP contribution in [-0.2, 0) is 24.2 Å². The summed E-state index contributed by atoms with van der Waals surface area (Å²) < 4.78 is 36.6. The highest BCUT2D eigenvalue weighted by atomic mass is 32.2. The van der Waals surface area contributed by atoms with Crippen LogP contribution in [0.2, 0.25) is 0 Å². The van der Waals surface area contributed by atoms with Crippen LogP contribution in [0.15, 0.2) is 29.4 Å². The van der Waals surface area contributed by atoms with Gasteiger partial charge in [-0.05, 0) is 24.3 Å². The van der Waals surface area contributed by atoms with Crippen LogP contribution in [0.25, 0.3) is 0 Å². The van der Waals surface area contributed by atoms with Crippen LogP contribution in [0.3, 0.4) is 0 Å². The Balaban J connectivity index is 1.81. The number of nitrogens with zero attached hydrogens (tertiary/aromatic N) is 3. The number of rotatable bonds is 4. The zero-order valence-corrected chi connectivity index (χ0v) is 14.7. The summed E-state index contributed by atoms with van der Waals surface area (Å²) in [5, 5.41) is 4.08. The highest BCUT2D eigenvalue weighted by molar-refractivity contribution is 7.92. The SMILES string of the molecule is CCS(=O)(=O)C1CN(C(=O)C2=NN(c3ccc(F)cc3)C(=O)CC2=O)C1. The van der Waals surface area contributed by atoms with Crippen molar-refractivity contribution in [2.75, 3.05) is 23.9 Å². The van der Waals surface area contributed by atoms with Crippen LogP contribution >= 0.6 is 0 Å². The summed E-state index contributed by atoms with van der Waals surface area (Å²) in [7, 11) is -3.26. The zero-order chi connectivity index (χ0) is 19.1. The molecule has 0 spiro atoms. The predicted octanol–water partition coefficient (Wildman–Crippen LogP) is 0.133. The molecule has 0 atom stereocenters. The largest absolute Gasteiger partial charge is 0.334 e. The van der Waals surface area contributed by atoms with Gasteiger partial charge in [0.05, 0.1) is 17.4 Å². The first-order valence-electron chi connectivity index (χ1n) is 7.94. The number of benzene rings is 1. The molecule has 1 fully saturated rings. The third-order valence-corrected chi connectivity index (χ3v) is 6.45. The summed E-state index contributed by atoms with van der Waals surface area (Å²) in [5.74, 6) is -2.59. The number of carbonyl (C=O) groups is 3. The van der Waals surface area contributed by atoms with Crippen LogP contribution in [0, 0.1) is 5.82 Å². The van der Waals surface area contributed by atoms with E-state index in [9.17, 15) is 27.2 Å². The third kappa shape index (κ3) is 3.24.